The van der Waals surface area contributed by atoms with E-state index in [0.29, 0.717) is 5.56 Å². The standard InChI is InChI=1S/C16H12ClNO6S/c1-3-4-18-15(21)12(25-16(18)22)7-9-5-10(17)14(11(6-9)23-2)24-8-13(19)20/h1,5-7H,4,8H2,2H3,(H,19,20)/b12-7+. The van der Waals surface area contributed by atoms with Gasteiger partial charge in [0.25, 0.3) is 11.1 Å². The lowest BCUT2D eigenvalue weighted by Gasteiger charge is -2.12. The van der Waals surface area contributed by atoms with Crippen molar-refractivity contribution >= 4 is 46.6 Å². The Morgan fingerprint density at radius 1 is 1.48 bits per heavy atom. The second-order valence-corrected chi connectivity index (χ2v) is 6.09. The third-order valence-electron chi connectivity index (χ3n) is 3.01. The molecular weight excluding hydrogens is 370 g/mol. The summed E-state index contributed by atoms with van der Waals surface area (Å²) in [5.41, 5.74) is 0.482. The van der Waals surface area contributed by atoms with E-state index in [2.05, 4.69) is 5.92 Å². The molecule has 1 aliphatic heterocycles. The smallest absolute Gasteiger partial charge is 0.341 e. The Morgan fingerprint density at radius 3 is 2.80 bits per heavy atom. The molecule has 0 radical (unpaired) electrons. The number of nitrogens with zero attached hydrogens (tertiary/aromatic N) is 1. The molecule has 0 bridgehead atoms. The predicted molar refractivity (Wildman–Crippen MR) is 92.6 cm³/mol. The van der Waals surface area contributed by atoms with Crippen LogP contribution in [0.2, 0.25) is 5.02 Å². The first kappa shape index (κ1) is 18.7. The number of methoxy groups -OCH3 is 1. The number of halogens is 1. The van der Waals surface area contributed by atoms with E-state index in [1.54, 1.807) is 0 Å². The minimum atomic E-state index is -1.16. The van der Waals surface area contributed by atoms with Crippen LogP contribution in [-0.2, 0) is 9.59 Å². The zero-order valence-corrected chi connectivity index (χ0v) is 14.5. The summed E-state index contributed by atoms with van der Waals surface area (Å²) in [5, 5.41) is 8.34. The average Bonchev–Trinajstić information content (AvgIpc) is 2.81. The van der Waals surface area contributed by atoms with Crippen molar-refractivity contribution in [1.82, 2.24) is 4.90 Å². The number of hydrogen-bond acceptors (Lipinski definition) is 6. The third-order valence-corrected chi connectivity index (χ3v) is 4.20. The Bertz CT molecular complexity index is 814. The van der Waals surface area contributed by atoms with Crippen LogP contribution >= 0.6 is 23.4 Å². The number of ether oxygens (including phenoxy) is 2. The number of carboxylic acid groups (broad SMARTS) is 1. The van der Waals surface area contributed by atoms with Gasteiger partial charge in [-0.25, -0.2) is 4.79 Å². The third kappa shape index (κ3) is 4.26. The summed E-state index contributed by atoms with van der Waals surface area (Å²) in [6.45, 7) is -0.686. The SMILES string of the molecule is C#CCN1C(=O)S/C(=C/c2cc(Cl)c(OCC(=O)O)c(OC)c2)C1=O. The van der Waals surface area contributed by atoms with Crippen molar-refractivity contribution in [2.75, 3.05) is 20.3 Å². The van der Waals surface area contributed by atoms with Crippen LogP contribution in [0, 0.1) is 12.3 Å². The van der Waals surface area contributed by atoms with Crippen LogP contribution in [0.15, 0.2) is 17.0 Å². The quantitative estimate of drug-likeness (QED) is 0.597. The molecule has 1 aliphatic rings. The Morgan fingerprint density at radius 2 is 2.20 bits per heavy atom. The predicted octanol–water partition coefficient (Wildman–Crippen LogP) is 2.48. The summed E-state index contributed by atoms with van der Waals surface area (Å²) in [5.74, 6) is 0.867. The van der Waals surface area contributed by atoms with Crippen molar-refractivity contribution in [2.24, 2.45) is 0 Å². The molecule has 1 fully saturated rings. The number of thioether (sulfide) groups is 1. The van der Waals surface area contributed by atoms with Crippen LogP contribution in [0.25, 0.3) is 6.08 Å². The van der Waals surface area contributed by atoms with Crippen LogP contribution in [0.1, 0.15) is 5.56 Å². The Hall–Kier alpha value is -2.63. The lowest BCUT2D eigenvalue weighted by Crippen LogP contribution is -2.28. The summed E-state index contributed by atoms with van der Waals surface area (Å²) in [7, 11) is 1.36. The Balaban J connectivity index is 2.33. The first-order chi connectivity index (χ1) is 11.9. The summed E-state index contributed by atoms with van der Waals surface area (Å²) in [6, 6.07) is 2.98. The monoisotopic (exact) mass is 381 g/mol. The van der Waals surface area contributed by atoms with Gasteiger partial charge in [-0.15, -0.1) is 6.42 Å². The Labute approximate surface area is 152 Å². The number of hydrogen-bond donors (Lipinski definition) is 1. The van der Waals surface area contributed by atoms with Crippen molar-refractivity contribution in [3.8, 4) is 23.8 Å². The highest BCUT2D eigenvalue weighted by Gasteiger charge is 2.34. The first-order valence-electron chi connectivity index (χ1n) is 6.78. The maximum Gasteiger partial charge on any atom is 0.341 e. The van der Waals surface area contributed by atoms with E-state index in [9.17, 15) is 14.4 Å². The fourth-order valence-electron chi connectivity index (χ4n) is 1.98. The van der Waals surface area contributed by atoms with Crippen LogP contribution in [0.5, 0.6) is 11.5 Å². The molecule has 2 amide bonds. The number of rotatable bonds is 6. The zero-order chi connectivity index (χ0) is 18.6. The second kappa shape index (κ2) is 7.96. The summed E-state index contributed by atoms with van der Waals surface area (Å²) >= 11 is 6.87. The number of terminal acetylenes is 1. The summed E-state index contributed by atoms with van der Waals surface area (Å²) in [4.78, 5) is 35.7. The van der Waals surface area contributed by atoms with Crippen molar-refractivity contribution in [3.63, 3.8) is 0 Å². The number of amides is 2. The largest absolute Gasteiger partial charge is 0.493 e. The fraction of sp³-hybridized carbons (Fsp3) is 0.188. The number of carbonyl (C=O) groups excluding carboxylic acids is 2. The van der Waals surface area contributed by atoms with E-state index < -0.39 is 23.7 Å². The highest BCUT2D eigenvalue weighted by molar-refractivity contribution is 8.18. The van der Waals surface area contributed by atoms with Crippen molar-refractivity contribution in [1.29, 1.82) is 0 Å². The molecule has 1 N–H and O–H groups in total. The van der Waals surface area contributed by atoms with Crippen LogP contribution < -0.4 is 9.47 Å². The summed E-state index contributed by atoms with van der Waals surface area (Å²) in [6.07, 6.45) is 6.61. The van der Waals surface area contributed by atoms with Crippen molar-refractivity contribution in [3.05, 3.63) is 27.6 Å². The van der Waals surface area contributed by atoms with Gasteiger partial charge < -0.3 is 14.6 Å². The van der Waals surface area contributed by atoms with Gasteiger partial charge in [0.2, 0.25) is 0 Å². The molecule has 0 atom stereocenters. The Kier molecular flexibility index (Phi) is 5.96. The molecular formula is C16H12ClNO6S. The zero-order valence-electron chi connectivity index (χ0n) is 12.9. The molecule has 1 aromatic carbocycles. The minimum absolute atomic E-state index is 0.0733. The first-order valence-corrected chi connectivity index (χ1v) is 7.97. The van der Waals surface area contributed by atoms with Gasteiger partial charge in [0.05, 0.1) is 23.6 Å². The summed E-state index contributed by atoms with van der Waals surface area (Å²) < 4.78 is 10.2. The highest BCUT2D eigenvalue weighted by atomic mass is 35.5. The molecule has 2 rings (SSSR count). The molecule has 9 heteroatoms. The lowest BCUT2D eigenvalue weighted by atomic mass is 10.1. The lowest BCUT2D eigenvalue weighted by molar-refractivity contribution is -0.139. The van der Waals surface area contributed by atoms with Gasteiger partial charge in [0.1, 0.15) is 0 Å². The van der Waals surface area contributed by atoms with E-state index in [1.165, 1.54) is 25.3 Å². The highest BCUT2D eigenvalue weighted by Crippen LogP contribution is 2.38. The van der Waals surface area contributed by atoms with E-state index in [-0.39, 0.29) is 28.0 Å². The van der Waals surface area contributed by atoms with E-state index in [0.717, 1.165) is 16.7 Å². The van der Waals surface area contributed by atoms with Gasteiger partial charge in [-0.2, -0.15) is 0 Å². The molecule has 130 valence electrons. The number of aliphatic carboxylic acids is 1. The maximum absolute atomic E-state index is 12.2. The van der Waals surface area contributed by atoms with Crippen LogP contribution in [0.3, 0.4) is 0 Å². The van der Waals surface area contributed by atoms with Gasteiger partial charge in [0, 0.05) is 0 Å². The topological polar surface area (TPSA) is 93.1 Å². The van der Waals surface area contributed by atoms with Gasteiger partial charge in [-0.1, -0.05) is 17.5 Å². The number of carbonyl (C=O) groups is 3. The van der Waals surface area contributed by atoms with Gasteiger partial charge in [-0.3, -0.25) is 14.5 Å². The number of imide groups is 1. The fourth-order valence-corrected chi connectivity index (χ4v) is 3.09. The van der Waals surface area contributed by atoms with Gasteiger partial charge in [-0.05, 0) is 35.5 Å². The van der Waals surface area contributed by atoms with E-state index >= 15 is 0 Å². The van der Waals surface area contributed by atoms with Gasteiger partial charge >= 0.3 is 5.97 Å². The van der Waals surface area contributed by atoms with Crippen LogP contribution in [0.4, 0.5) is 4.79 Å². The molecule has 25 heavy (non-hydrogen) atoms. The molecule has 7 nitrogen and oxygen atoms in total. The van der Waals surface area contributed by atoms with E-state index in [4.69, 9.17) is 32.6 Å². The van der Waals surface area contributed by atoms with Crippen molar-refractivity contribution < 1.29 is 29.0 Å². The molecule has 0 spiro atoms. The molecule has 0 unspecified atom stereocenters. The maximum atomic E-state index is 12.2. The van der Waals surface area contributed by atoms with Crippen LogP contribution in [-0.4, -0.2) is 47.4 Å². The molecule has 0 saturated carbocycles. The molecule has 1 saturated heterocycles. The number of benzene rings is 1. The van der Waals surface area contributed by atoms with E-state index in [1.807, 2.05) is 0 Å². The molecule has 0 aromatic heterocycles. The number of carboxylic acids is 1. The molecule has 1 aromatic rings. The molecule has 0 aliphatic carbocycles. The minimum Gasteiger partial charge on any atom is -0.493 e. The van der Waals surface area contributed by atoms with Crippen molar-refractivity contribution in [2.45, 2.75) is 0 Å². The normalized spacial score (nSPS) is 15.4. The average molecular weight is 382 g/mol. The van der Waals surface area contributed by atoms with Gasteiger partial charge in [0.15, 0.2) is 18.1 Å². The second-order valence-electron chi connectivity index (χ2n) is 4.69. The molecule has 1 heterocycles.